The first-order chi connectivity index (χ1) is 6.97. The maximum absolute atomic E-state index is 2.34. The zero-order valence-corrected chi connectivity index (χ0v) is 8.71. The zero-order valence-electron chi connectivity index (χ0n) is 8.71. The molecule has 0 fully saturated rings. The Bertz CT molecular complexity index is 310. The molecule has 0 bridgehead atoms. The molecule has 0 saturated carbocycles. The van der Waals surface area contributed by atoms with Crippen LogP contribution in [0, 0.1) is 0 Å². The largest absolute Gasteiger partial charge is 0.0885 e. The van der Waals surface area contributed by atoms with Crippen LogP contribution < -0.4 is 0 Å². The lowest BCUT2D eigenvalue weighted by Crippen LogP contribution is -1.95. The predicted octanol–water partition coefficient (Wildman–Crippen LogP) is 3.90. The van der Waals surface area contributed by atoms with Crippen LogP contribution in [0.25, 0.3) is 0 Å². The van der Waals surface area contributed by atoms with E-state index in [0.29, 0.717) is 0 Å². The summed E-state index contributed by atoms with van der Waals surface area (Å²) >= 11 is 0. The molecule has 0 radical (unpaired) electrons. The Balaban J connectivity index is 2.16. The summed E-state index contributed by atoms with van der Waals surface area (Å²) in [7, 11) is 0. The Morgan fingerprint density at radius 3 is 2.29 bits per heavy atom. The van der Waals surface area contributed by atoms with Crippen molar-refractivity contribution < 1.29 is 0 Å². The lowest BCUT2D eigenvalue weighted by Gasteiger charge is -2.09. The van der Waals surface area contributed by atoms with Gasteiger partial charge in [-0.1, -0.05) is 36.4 Å². The summed E-state index contributed by atoms with van der Waals surface area (Å²) in [4.78, 5) is 0. The van der Waals surface area contributed by atoms with Crippen LogP contribution in [-0.4, -0.2) is 0 Å². The first-order valence-electron chi connectivity index (χ1n) is 5.68. The second kappa shape index (κ2) is 4.99. The summed E-state index contributed by atoms with van der Waals surface area (Å²) in [5, 5.41) is 0. The zero-order chi connectivity index (χ0) is 9.64. The normalized spacial score (nSPS) is 17.4. The van der Waals surface area contributed by atoms with E-state index in [1.54, 1.807) is 11.1 Å². The van der Waals surface area contributed by atoms with Gasteiger partial charge in [-0.25, -0.2) is 0 Å². The summed E-state index contributed by atoms with van der Waals surface area (Å²) in [5.41, 5.74) is 3.13. The van der Waals surface area contributed by atoms with Gasteiger partial charge in [0.2, 0.25) is 0 Å². The van der Waals surface area contributed by atoms with E-state index < -0.39 is 0 Å². The van der Waals surface area contributed by atoms with Gasteiger partial charge in [-0.15, -0.1) is 0 Å². The van der Waals surface area contributed by atoms with Crippen molar-refractivity contribution in [3.05, 3.63) is 47.5 Å². The Kier molecular flexibility index (Phi) is 3.39. The van der Waals surface area contributed by atoms with Gasteiger partial charge < -0.3 is 0 Å². The molecule has 1 aliphatic carbocycles. The lowest BCUT2D eigenvalue weighted by molar-refractivity contribution is 0.733. The molecule has 1 aromatic carbocycles. The predicted molar refractivity (Wildman–Crippen MR) is 61.5 cm³/mol. The summed E-state index contributed by atoms with van der Waals surface area (Å²) < 4.78 is 0. The van der Waals surface area contributed by atoms with Crippen molar-refractivity contribution in [3.8, 4) is 0 Å². The number of benzene rings is 1. The van der Waals surface area contributed by atoms with Gasteiger partial charge in [0.15, 0.2) is 0 Å². The van der Waals surface area contributed by atoms with Crippen LogP contribution in [0.15, 0.2) is 36.4 Å². The number of allylic oxidation sites excluding steroid dienone is 2. The molecule has 14 heavy (non-hydrogen) atoms. The molecule has 0 unspecified atom stereocenters. The van der Waals surface area contributed by atoms with E-state index in [9.17, 15) is 0 Å². The molecule has 1 aromatic rings. The summed E-state index contributed by atoms with van der Waals surface area (Å²) in [6, 6.07) is 8.90. The minimum Gasteiger partial charge on any atom is -0.0885 e. The van der Waals surface area contributed by atoms with Crippen LogP contribution in [-0.2, 0) is 12.8 Å². The second-order valence-corrected chi connectivity index (χ2v) is 4.02. The number of hydrogen-bond donors (Lipinski definition) is 0. The van der Waals surface area contributed by atoms with E-state index in [1.165, 1.54) is 38.5 Å². The molecule has 0 heterocycles. The van der Waals surface area contributed by atoms with E-state index >= 15 is 0 Å². The molecule has 0 aliphatic heterocycles. The third kappa shape index (κ3) is 2.47. The van der Waals surface area contributed by atoms with E-state index in [1.807, 2.05) is 0 Å². The van der Waals surface area contributed by atoms with Gasteiger partial charge in [-0.05, 0) is 49.7 Å². The fourth-order valence-corrected chi connectivity index (χ4v) is 2.10. The summed E-state index contributed by atoms with van der Waals surface area (Å²) in [6.45, 7) is 0. The molecule has 0 heteroatoms. The fourth-order valence-electron chi connectivity index (χ4n) is 2.10. The highest BCUT2D eigenvalue weighted by Crippen LogP contribution is 2.16. The third-order valence-corrected chi connectivity index (χ3v) is 2.93. The highest BCUT2D eigenvalue weighted by Gasteiger charge is 2.01. The molecule has 1 aliphatic rings. The quantitative estimate of drug-likeness (QED) is 0.539. The maximum Gasteiger partial charge on any atom is -0.0241 e. The molecule has 0 saturated heterocycles. The average Bonchev–Trinajstić information content (AvgIpc) is 2.25. The third-order valence-electron chi connectivity index (χ3n) is 2.93. The highest BCUT2D eigenvalue weighted by molar-refractivity contribution is 5.27. The maximum atomic E-state index is 2.34. The van der Waals surface area contributed by atoms with Crippen LogP contribution in [0.1, 0.15) is 36.8 Å². The number of fused-ring (bicyclic) bond motifs is 1. The Morgan fingerprint density at radius 2 is 1.43 bits per heavy atom. The first-order valence-corrected chi connectivity index (χ1v) is 5.68. The van der Waals surface area contributed by atoms with Gasteiger partial charge in [0.25, 0.3) is 0 Å². The fraction of sp³-hybridized carbons (Fsp3) is 0.429. The highest BCUT2D eigenvalue weighted by atomic mass is 14.1. The lowest BCUT2D eigenvalue weighted by atomic mass is 9.97. The molecule has 0 nitrogen and oxygen atoms in total. The second-order valence-electron chi connectivity index (χ2n) is 4.02. The van der Waals surface area contributed by atoms with Crippen LogP contribution in [0.5, 0.6) is 0 Å². The summed E-state index contributed by atoms with van der Waals surface area (Å²) in [5.74, 6) is 0. The molecule has 0 N–H and O–H groups in total. The average molecular weight is 186 g/mol. The van der Waals surface area contributed by atoms with Crippen molar-refractivity contribution in [1.82, 2.24) is 0 Å². The van der Waals surface area contributed by atoms with Crippen molar-refractivity contribution in [1.29, 1.82) is 0 Å². The van der Waals surface area contributed by atoms with Gasteiger partial charge in [0.05, 0.1) is 0 Å². The molecule has 0 spiro atoms. The topological polar surface area (TPSA) is 0 Å². The SMILES string of the molecule is C1=CCCc2ccccc2CCCC1. The van der Waals surface area contributed by atoms with Crippen molar-refractivity contribution in [2.24, 2.45) is 0 Å². The molecular weight excluding hydrogens is 168 g/mol. The van der Waals surface area contributed by atoms with Gasteiger partial charge >= 0.3 is 0 Å². The smallest absolute Gasteiger partial charge is 0.0241 e. The van der Waals surface area contributed by atoms with Crippen LogP contribution in [0.2, 0.25) is 0 Å². The van der Waals surface area contributed by atoms with Crippen LogP contribution in [0.3, 0.4) is 0 Å². The van der Waals surface area contributed by atoms with Crippen molar-refractivity contribution >= 4 is 0 Å². The molecule has 0 aromatic heterocycles. The Labute approximate surface area is 86.7 Å². The van der Waals surface area contributed by atoms with Gasteiger partial charge in [-0.3, -0.25) is 0 Å². The Morgan fingerprint density at radius 1 is 0.714 bits per heavy atom. The van der Waals surface area contributed by atoms with E-state index in [2.05, 4.69) is 36.4 Å². The molecule has 0 amide bonds. The van der Waals surface area contributed by atoms with Gasteiger partial charge in [0.1, 0.15) is 0 Å². The van der Waals surface area contributed by atoms with Gasteiger partial charge in [0, 0.05) is 0 Å². The van der Waals surface area contributed by atoms with Gasteiger partial charge in [-0.2, -0.15) is 0 Å². The van der Waals surface area contributed by atoms with Crippen LogP contribution in [0.4, 0.5) is 0 Å². The first kappa shape index (κ1) is 9.51. The molecule has 0 atom stereocenters. The minimum absolute atomic E-state index is 1.21. The van der Waals surface area contributed by atoms with Crippen molar-refractivity contribution in [2.75, 3.05) is 0 Å². The van der Waals surface area contributed by atoms with E-state index in [0.717, 1.165) is 0 Å². The van der Waals surface area contributed by atoms with E-state index in [-0.39, 0.29) is 0 Å². The van der Waals surface area contributed by atoms with Crippen molar-refractivity contribution in [3.63, 3.8) is 0 Å². The molecular formula is C14H18. The minimum atomic E-state index is 1.21. The number of aryl methyl sites for hydroxylation is 2. The van der Waals surface area contributed by atoms with E-state index in [4.69, 9.17) is 0 Å². The standard InChI is InChI=1S/C14H18/c1-2-4-6-10-14-12-8-7-11-13(14)9-5-3-1/h1,3,7-8,11-12H,2,4-6,9-10H2. The number of rotatable bonds is 0. The number of hydrogen-bond acceptors (Lipinski definition) is 0. The van der Waals surface area contributed by atoms with Crippen LogP contribution >= 0.6 is 0 Å². The molecule has 74 valence electrons. The Hall–Kier alpha value is -1.04. The van der Waals surface area contributed by atoms with Crippen molar-refractivity contribution in [2.45, 2.75) is 38.5 Å². The molecule has 2 rings (SSSR count). The summed E-state index contributed by atoms with van der Waals surface area (Å²) in [6.07, 6.45) is 12.3. The monoisotopic (exact) mass is 186 g/mol.